The molecule has 0 radical (unpaired) electrons. The molecule has 22 nitrogen and oxygen atoms in total. The van der Waals surface area contributed by atoms with Gasteiger partial charge >= 0.3 is 11.9 Å². The number of Topliss-reactive ketones (excluding diaryl/α,β-unsaturated/α-hetero) is 1. The molecule has 1 aromatic carbocycles. The van der Waals surface area contributed by atoms with Gasteiger partial charge < -0.3 is 60.0 Å². The summed E-state index contributed by atoms with van der Waals surface area (Å²) in [6, 6.07) is -2.19. The van der Waals surface area contributed by atoms with Gasteiger partial charge in [0.2, 0.25) is 35.4 Å². The zero-order valence-electron chi connectivity index (χ0n) is 48.8. The molecule has 3 saturated heterocycles. The number of esters is 2. The Morgan fingerprint density at radius 1 is 0.861 bits per heavy atom. The number of benzene rings is 1. The van der Waals surface area contributed by atoms with E-state index in [0.717, 1.165) is 0 Å². The second-order valence-electron chi connectivity index (χ2n) is 23.0. The molecular weight excluding hydrogens is 1020 g/mol. The monoisotopic (exact) mass is 1110 g/mol. The maximum Gasteiger partial charge on any atom is 0.329 e. The van der Waals surface area contributed by atoms with Crippen molar-refractivity contribution in [3.05, 3.63) is 29.8 Å². The van der Waals surface area contributed by atoms with E-state index in [0.29, 0.717) is 30.6 Å². The van der Waals surface area contributed by atoms with Gasteiger partial charge in [0.25, 0.3) is 5.91 Å². The number of ether oxygens (including phenoxy) is 3. The van der Waals surface area contributed by atoms with Gasteiger partial charge in [-0.15, -0.1) is 0 Å². The summed E-state index contributed by atoms with van der Waals surface area (Å²) in [7, 11) is 4.29. The van der Waals surface area contributed by atoms with Crippen LogP contribution in [0.25, 0.3) is 0 Å². The van der Waals surface area contributed by atoms with Crippen LogP contribution in [0.4, 0.5) is 0 Å². The summed E-state index contributed by atoms with van der Waals surface area (Å²) < 4.78 is 17.2. The van der Waals surface area contributed by atoms with E-state index in [9.17, 15) is 53.4 Å². The average Bonchev–Trinajstić information content (AvgIpc) is 4.13. The number of carbonyl (C=O) groups is 10. The predicted molar refractivity (Wildman–Crippen MR) is 290 cm³/mol. The molecule has 3 heterocycles. The van der Waals surface area contributed by atoms with Crippen LogP contribution in [0.15, 0.2) is 24.3 Å². The molecule has 22 heteroatoms. The summed E-state index contributed by atoms with van der Waals surface area (Å²) in [4.78, 5) is 149. The molecule has 0 bridgehead atoms. The normalized spacial score (nSPS) is 27.7. The largest absolute Gasteiger partial charge is 0.497 e. The smallest absolute Gasteiger partial charge is 0.329 e. The first-order valence-electron chi connectivity index (χ1n) is 28.0. The van der Waals surface area contributed by atoms with Crippen LogP contribution in [-0.2, 0) is 63.8 Å². The maximum absolute atomic E-state index is 15.0. The number of cyclic esters (lactones) is 2. The number of hydrogen-bond donors (Lipinski definition) is 5. The zero-order valence-corrected chi connectivity index (χ0v) is 48.8. The van der Waals surface area contributed by atoms with Gasteiger partial charge in [0.1, 0.15) is 54.2 Å². The Labute approximate surface area is 465 Å². The van der Waals surface area contributed by atoms with Crippen LogP contribution in [0.2, 0.25) is 0 Å². The summed E-state index contributed by atoms with van der Waals surface area (Å²) in [5, 5.41) is 30.2. The van der Waals surface area contributed by atoms with Crippen LogP contribution in [0.1, 0.15) is 133 Å². The number of aliphatic hydroxyl groups is 2. The third kappa shape index (κ3) is 16.9. The van der Waals surface area contributed by atoms with Crippen LogP contribution in [-0.4, -0.2) is 190 Å². The van der Waals surface area contributed by atoms with Crippen LogP contribution in [0.5, 0.6) is 5.75 Å². The van der Waals surface area contributed by atoms with E-state index in [2.05, 4.69) is 16.0 Å². The first-order valence-corrected chi connectivity index (χ1v) is 28.0. The standard InChI is InChI=1S/C57H89N7O15/c1-15-33(8)46-44(66)29-45(67)79-49(32(6)7)48(68)34(9)50(69)58-39(26-30(2)3)54(73)64-25-17-19-41(64)56(75)62(13)43(28-37-20-22-38(77-14)23-21-37)57(76)78-36(11)47(52(71)59-46)60-51(70)42(27-31(4)5)61(12)55(74)40-18-16-24-63(40)53(72)35(10)65/h20-23,30-36,39-44,46-47,49,65-66H,15-19,24-29H2,1-14H3,(H,58,69)(H,59,71)(H,60,70)/t33-,34-,35-,36-,39-,40-,41-,42-,43-,44-,46-,47-,49-/m0/s1. The van der Waals surface area contributed by atoms with E-state index >= 15 is 4.79 Å². The van der Waals surface area contributed by atoms with Gasteiger partial charge in [-0.3, -0.25) is 43.2 Å². The van der Waals surface area contributed by atoms with Crippen LogP contribution < -0.4 is 20.7 Å². The lowest BCUT2D eigenvalue weighted by Crippen LogP contribution is -2.62. The molecular formula is C57H89N7O15. The van der Waals surface area contributed by atoms with E-state index in [1.54, 1.807) is 52.0 Å². The second kappa shape index (κ2) is 29.3. The number of amides is 7. The van der Waals surface area contributed by atoms with Gasteiger partial charge in [-0.25, -0.2) is 4.79 Å². The molecule has 5 N–H and O–H groups in total. The van der Waals surface area contributed by atoms with Crippen molar-refractivity contribution in [2.24, 2.45) is 29.6 Å². The molecule has 79 heavy (non-hydrogen) atoms. The van der Waals surface area contributed by atoms with Crippen molar-refractivity contribution in [2.45, 2.75) is 201 Å². The van der Waals surface area contributed by atoms with Gasteiger partial charge in [0.15, 0.2) is 11.9 Å². The molecule has 7 amide bonds. The Hall–Kier alpha value is -6.16. The highest BCUT2D eigenvalue weighted by Crippen LogP contribution is 2.27. The number of fused-ring (bicyclic) bond motifs is 1. The molecule has 1 aromatic rings. The fourth-order valence-electron chi connectivity index (χ4n) is 10.5. The van der Waals surface area contributed by atoms with Crippen molar-refractivity contribution < 1.29 is 72.4 Å². The number of nitrogens with zero attached hydrogens (tertiary/aromatic N) is 4. The van der Waals surface area contributed by atoms with E-state index in [1.165, 1.54) is 61.6 Å². The summed E-state index contributed by atoms with van der Waals surface area (Å²) in [5.41, 5.74) is 0.571. The number of methoxy groups -OCH3 is 1. The quantitative estimate of drug-likeness (QED) is 0.124. The zero-order chi connectivity index (χ0) is 59.3. The summed E-state index contributed by atoms with van der Waals surface area (Å²) in [5.74, 6) is -10.3. The number of likely N-dealkylation sites (tertiary alicyclic amines) is 1. The minimum Gasteiger partial charge on any atom is -0.497 e. The predicted octanol–water partition coefficient (Wildman–Crippen LogP) is 2.32. The minimum absolute atomic E-state index is 0.0720. The van der Waals surface area contributed by atoms with Crippen LogP contribution >= 0.6 is 0 Å². The van der Waals surface area contributed by atoms with Gasteiger partial charge in [-0.05, 0) is 101 Å². The topological polar surface area (TPSA) is 288 Å². The van der Waals surface area contributed by atoms with Crippen molar-refractivity contribution in [1.82, 2.24) is 35.6 Å². The number of likely N-dealkylation sites (N-methyl/N-ethyl adjacent to an activating group) is 2. The molecule has 3 aliphatic heterocycles. The Balaban J connectivity index is 1.89. The molecule has 0 spiro atoms. The molecule has 0 unspecified atom stereocenters. The SMILES string of the molecule is CC[C@H](C)[C@@H]1NC(=O)[C@@H](NC(=O)[C@H](CC(C)C)N(C)C(=O)[C@@H]2CCCN2C(=O)[C@H](C)O)[C@H](C)OC(=O)[C@H](Cc2ccc(OC)cc2)N(C)C(=O)[C@@H]2CCCN2C(=O)[C@H](CC(C)C)NC(=O)[C@@H](C)C(=O)[C@H](C(C)C)OC(=O)C[C@@H]1O. The fraction of sp³-hybridized carbons (Fsp3) is 0.719. The Morgan fingerprint density at radius 3 is 2.06 bits per heavy atom. The van der Waals surface area contributed by atoms with Crippen molar-refractivity contribution in [3.8, 4) is 5.75 Å². The lowest BCUT2D eigenvalue weighted by atomic mass is 9.91. The number of carbonyl (C=O) groups excluding carboxylic acids is 10. The number of aliphatic hydroxyl groups excluding tert-OH is 2. The van der Waals surface area contributed by atoms with Gasteiger partial charge in [0.05, 0.1) is 31.6 Å². The number of rotatable bonds is 15. The Morgan fingerprint density at radius 2 is 1.49 bits per heavy atom. The van der Waals surface area contributed by atoms with E-state index in [1.807, 2.05) is 27.7 Å². The van der Waals surface area contributed by atoms with E-state index in [-0.39, 0.29) is 57.0 Å². The summed E-state index contributed by atoms with van der Waals surface area (Å²) >= 11 is 0. The first-order chi connectivity index (χ1) is 37.0. The highest BCUT2D eigenvalue weighted by atomic mass is 16.6. The molecule has 0 saturated carbocycles. The van der Waals surface area contributed by atoms with Gasteiger partial charge in [-0.2, -0.15) is 0 Å². The Bertz CT molecular complexity index is 2330. The maximum atomic E-state index is 15.0. The van der Waals surface area contributed by atoms with Crippen LogP contribution in [0, 0.1) is 29.6 Å². The van der Waals surface area contributed by atoms with Gasteiger partial charge in [0, 0.05) is 33.6 Å². The third-order valence-corrected chi connectivity index (χ3v) is 15.5. The molecule has 4 rings (SSSR count). The molecule has 442 valence electrons. The summed E-state index contributed by atoms with van der Waals surface area (Å²) in [6.45, 7) is 18.4. The minimum atomic E-state index is -1.76. The number of ketones is 1. The first kappa shape index (κ1) is 65.4. The number of nitrogens with one attached hydrogen (secondary N) is 3. The second-order valence-corrected chi connectivity index (χ2v) is 23.0. The van der Waals surface area contributed by atoms with Gasteiger partial charge in [-0.1, -0.05) is 73.9 Å². The van der Waals surface area contributed by atoms with Crippen molar-refractivity contribution in [1.29, 1.82) is 0 Å². The summed E-state index contributed by atoms with van der Waals surface area (Å²) in [6.07, 6.45) is -4.99. The van der Waals surface area contributed by atoms with Crippen molar-refractivity contribution in [3.63, 3.8) is 0 Å². The van der Waals surface area contributed by atoms with E-state index < -0.39 is 150 Å². The average molecular weight is 1110 g/mol. The third-order valence-electron chi connectivity index (χ3n) is 15.5. The van der Waals surface area contributed by atoms with Crippen LogP contribution in [0.3, 0.4) is 0 Å². The molecule has 0 aromatic heterocycles. The Kier molecular flexibility index (Phi) is 24.3. The van der Waals surface area contributed by atoms with Crippen molar-refractivity contribution >= 4 is 59.1 Å². The van der Waals surface area contributed by atoms with Crippen molar-refractivity contribution in [2.75, 3.05) is 34.3 Å². The lowest BCUT2D eigenvalue weighted by Gasteiger charge is -2.36. The highest BCUT2D eigenvalue weighted by Gasteiger charge is 2.46. The van der Waals surface area contributed by atoms with E-state index in [4.69, 9.17) is 14.2 Å². The molecule has 13 atom stereocenters. The molecule has 3 fully saturated rings. The molecule has 0 aliphatic carbocycles. The highest BCUT2D eigenvalue weighted by molar-refractivity contribution is 6.05. The number of hydrogen-bond acceptors (Lipinski definition) is 15. The lowest BCUT2D eigenvalue weighted by molar-refractivity contribution is -0.163. The fourth-order valence-corrected chi connectivity index (χ4v) is 10.5. The molecule has 3 aliphatic rings.